The Morgan fingerprint density at radius 3 is 2.50 bits per heavy atom. The molecule has 3 heteroatoms. The first-order valence-electron chi connectivity index (χ1n) is 8.51. The van der Waals surface area contributed by atoms with E-state index in [0.29, 0.717) is 12.0 Å². The third-order valence-electron chi connectivity index (χ3n) is 5.69. The number of rotatable bonds is 6. The average Bonchev–Trinajstić information content (AvgIpc) is 2.81. The van der Waals surface area contributed by atoms with Gasteiger partial charge in [0.15, 0.2) is 0 Å². The molecule has 2 fully saturated rings. The molecule has 0 aliphatic heterocycles. The van der Waals surface area contributed by atoms with Crippen molar-refractivity contribution in [1.82, 2.24) is 5.32 Å². The standard InChI is InChI=1S/C17H33NO2/c1-13-9-14(2)11-16(10-13)20-8-6-15-5-4-7-17(15,12-19)18-3/h13-16,18-19H,4-12H2,1-3H3. The zero-order valence-corrected chi connectivity index (χ0v) is 13.5. The predicted molar refractivity (Wildman–Crippen MR) is 82.8 cm³/mol. The molecule has 0 aromatic rings. The number of aliphatic hydroxyl groups is 1. The highest BCUT2D eigenvalue weighted by Crippen LogP contribution is 2.38. The van der Waals surface area contributed by atoms with E-state index in [0.717, 1.165) is 31.3 Å². The summed E-state index contributed by atoms with van der Waals surface area (Å²) in [7, 11) is 1.99. The van der Waals surface area contributed by atoms with Crippen LogP contribution in [0.3, 0.4) is 0 Å². The maximum atomic E-state index is 9.70. The second-order valence-corrected chi connectivity index (χ2v) is 7.35. The predicted octanol–water partition coefficient (Wildman–Crippen LogP) is 2.97. The van der Waals surface area contributed by atoms with Crippen LogP contribution in [-0.4, -0.2) is 37.0 Å². The van der Waals surface area contributed by atoms with E-state index in [9.17, 15) is 5.11 Å². The molecule has 2 rings (SSSR count). The minimum atomic E-state index is -0.0451. The van der Waals surface area contributed by atoms with Crippen LogP contribution in [-0.2, 0) is 4.74 Å². The Hall–Kier alpha value is -0.120. The molecule has 0 radical (unpaired) electrons. The molecule has 4 atom stereocenters. The zero-order chi connectivity index (χ0) is 14.6. The summed E-state index contributed by atoms with van der Waals surface area (Å²) in [6.45, 7) is 5.81. The second kappa shape index (κ2) is 7.24. The van der Waals surface area contributed by atoms with Crippen LogP contribution in [0, 0.1) is 17.8 Å². The van der Waals surface area contributed by atoms with Crippen LogP contribution >= 0.6 is 0 Å². The van der Waals surface area contributed by atoms with Crippen molar-refractivity contribution >= 4 is 0 Å². The van der Waals surface area contributed by atoms with Crippen molar-refractivity contribution in [2.45, 2.75) is 70.4 Å². The molecule has 3 nitrogen and oxygen atoms in total. The molecular formula is C17H33NO2. The molecule has 0 bridgehead atoms. The van der Waals surface area contributed by atoms with Gasteiger partial charge in [-0.2, -0.15) is 0 Å². The molecule has 2 aliphatic rings. The van der Waals surface area contributed by atoms with Crippen LogP contribution in [0.1, 0.15) is 58.8 Å². The summed E-state index contributed by atoms with van der Waals surface area (Å²) in [4.78, 5) is 0. The maximum Gasteiger partial charge on any atom is 0.0615 e. The molecule has 0 saturated heterocycles. The van der Waals surface area contributed by atoms with Gasteiger partial charge in [-0.15, -0.1) is 0 Å². The molecule has 0 aromatic carbocycles. The summed E-state index contributed by atoms with van der Waals surface area (Å²) in [5.41, 5.74) is -0.0451. The minimum absolute atomic E-state index is 0.0451. The van der Waals surface area contributed by atoms with Gasteiger partial charge < -0.3 is 15.2 Å². The molecule has 118 valence electrons. The van der Waals surface area contributed by atoms with Gasteiger partial charge in [0.1, 0.15) is 0 Å². The molecule has 2 N–H and O–H groups in total. The lowest BCUT2D eigenvalue weighted by molar-refractivity contribution is -0.0102. The lowest BCUT2D eigenvalue weighted by Gasteiger charge is -2.35. The SMILES string of the molecule is CNC1(CO)CCCC1CCOC1CC(C)CC(C)C1. The van der Waals surface area contributed by atoms with Gasteiger partial charge in [0.25, 0.3) is 0 Å². The van der Waals surface area contributed by atoms with E-state index in [1.165, 1.54) is 32.1 Å². The van der Waals surface area contributed by atoms with Gasteiger partial charge in [-0.1, -0.05) is 20.3 Å². The van der Waals surface area contributed by atoms with E-state index < -0.39 is 0 Å². The highest BCUT2D eigenvalue weighted by molar-refractivity contribution is 4.97. The highest BCUT2D eigenvalue weighted by atomic mass is 16.5. The fourth-order valence-corrected chi connectivity index (χ4v) is 4.57. The Balaban J connectivity index is 1.75. The van der Waals surface area contributed by atoms with Crippen molar-refractivity contribution in [1.29, 1.82) is 0 Å². The number of aliphatic hydroxyl groups excluding tert-OH is 1. The molecule has 0 spiro atoms. The van der Waals surface area contributed by atoms with Crippen LogP contribution in [0.4, 0.5) is 0 Å². The number of likely N-dealkylation sites (N-methyl/N-ethyl adjacent to an activating group) is 1. The van der Waals surface area contributed by atoms with E-state index in [2.05, 4.69) is 19.2 Å². The van der Waals surface area contributed by atoms with Crippen molar-refractivity contribution in [3.8, 4) is 0 Å². The van der Waals surface area contributed by atoms with E-state index in [1.54, 1.807) is 0 Å². The van der Waals surface area contributed by atoms with Crippen LogP contribution in [0.2, 0.25) is 0 Å². The molecule has 0 heterocycles. The second-order valence-electron chi connectivity index (χ2n) is 7.35. The summed E-state index contributed by atoms with van der Waals surface area (Å²) >= 11 is 0. The molecule has 0 amide bonds. The monoisotopic (exact) mass is 283 g/mol. The largest absolute Gasteiger partial charge is 0.394 e. The smallest absolute Gasteiger partial charge is 0.0615 e. The van der Waals surface area contributed by atoms with Crippen LogP contribution in [0.5, 0.6) is 0 Å². The van der Waals surface area contributed by atoms with E-state index in [1.807, 2.05) is 7.05 Å². The lowest BCUT2D eigenvalue weighted by Crippen LogP contribution is -2.49. The third-order valence-corrected chi connectivity index (χ3v) is 5.69. The van der Waals surface area contributed by atoms with Crippen molar-refractivity contribution in [3.05, 3.63) is 0 Å². The van der Waals surface area contributed by atoms with Crippen molar-refractivity contribution in [3.63, 3.8) is 0 Å². The average molecular weight is 283 g/mol. The Labute approximate surface area is 124 Å². The summed E-state index contributed by atoms with van der Waals surface area (Å²) in [5.74, 6) is 2.18. The third kappa shape index (κ3) is 3.75. The van der Waals surface area contributed by atoms with Crippen molar-refractivity contribution < 1.29 is 9.84 Å². The first kappa shape index (κ1) is 16.3. The summed E-state index contributed by atoms with van der Waals surface area (Å²) in [6, 6.07) is 0. The number of nitrogens with one attached hydrogen (secondary N) is 1. The van der Waals surface area contributed by atoms with E-state index in [4.69, 9.17) is 4.74 Å². The number of hydrogen-bond acceptors (Lipinski definition) is 3. The molecule has 2 saturated carbocycles. The van der Waals surface area contributed by atoms with Crippen LogP contribution < -0.4 is 5.32 Å². The molecule has 2 aliphatic carbocycles. The summed E-state index contributed by atoms with van der Waals surface area (Å²) in [5, 5.41) is 13.1. The molecule has 20 heavy (non-hydrogen) atoms. The van der Waals surface area contributed by atoms with Gasteiger partial charge in [-0.25, -0.2) is 0 Å². The van der Waals surface area contributed by atoms with Crippen molar-refractivity contribution in [2.75, 3.05) is 20.3 Å². The lowest BCUT2D eigenvalue weighted by atomic mass is 9.81. The molecule has 0 aromatic heterocycles. The number of hydrogen-bond donors (Lipinski definition) is 2. The van der Waals surface area contributed by atoms with Crippen LogP contribution in [0.15, 0.2) is 0 Å². The minimum Gasteiger partial charge on any atom is -0.394 e. The van der Waals surface area contributed by atoms with Gasteiger partial charge in [0.05, 0.1) is 12.7 Å². The first-order valence-corrected chi connectivity index (χ1v) is 8.51. The Kier molecular flexibility index (Phi) is 5.88. The molecule has 4 unspecified atom stereocenters. The zero-order valence-electron chi connectivity index (χ0n) is 13.5. The molecular weight excluding hydrogens is 250 g/mol. The Morgan fingerprint density at radius 2 is 1.90 bits per heavy atom. The summed E-state index contributed by atoms with van der Waals surface area (Å²) < 4.78 is 6.16. The van der Waals surface area contributed by atoms with E-state index in [-0.39, 0.29) is 12.1 Å². The highest BCUT2D eigenvalue weighted by Gasteiger charge is 2.40. The van der Waals surface area contributed by atoms with Crippen molar-refractivity contribution in [2.24, 2.45) is 17.8 Å². The fraction of sp³-hybridized carbons (Fsp3) is 1.00. The van der Waals surface area contributed by atoms with Gasteiger partial charge >= 0.3 is 0 Å². The Morgan fingerprint density at radius 1 is 1.20 bits per heavy atom. The number of ether oxygens (including phenoxy) is 1. The summed E-state index contributed by atoms with van der Waals surface area (Å²) in [6.07, 6.45) is 8.91. The quantitative estimate of drug-likeness (QED) is 0.787. The first-order chi connectivity index (χ1) is 9.59. The normalized spacial score (nSPS) is 42.0. The van der Waals surface area contributed by atoms with Gasteiger partial charge in [-0.3, -0.25) is 0 Å². The van der Waals surface area contributed by atoms with Gasteiger partial charge in [0, 0.05) is 12.1 Å². The fourth-order valence-electron chi connectivity index (χ4n) is 4.57. The topological polar surface area (TPSA) is 41.5 Å². The van der Waals surface area contributed by atoms with Gasteiger partial charge in [0.2, 0.25) is 0 Å². The van der Waals surface area contributed by atoms with Gasteiger partial charge in [-0.05, 0) is 63.3 Å². The maximum absolute atomic E-state index is 9.70. The van der Waals surface area contributed by atoms with Crippen LogP contribution in [0.25, 0.3) is 0 Å². The Bertz CT molecular complexity index is 281. The van der Waals surface area contributed by atoms with E-state index >= 15 is 0 Å².